The third-order valence-corrected chi connectivity index (χ3v) is 2.65. The van der Waals surface area contributed by atoms with E-state index < -0.39 is 23.2 Å². The van der Waals surface area contributed by atoms with Gasteiger partial charge in [0.05, 0.1) is 17.4 Å². The molecule has 0 heterocycles. The second-order valence-corrected chi connectivity index (χ2v) is 4.65. The van der Waals surface area contributed by atoms with Gasteiger partial charge in [-0.2, -0.15) is 0 Å². The van der Waals surface area contributed by atoms with Gasteiger partial charge >= 0.3 is 5.97 Å². The molecule has 20 heavy (non-hydrogen) atoms. The summed E-state index contributed by atoms with van der Waals surface area (Å²) >= 11 is 0. The maximum absolute atomic E-state index is 13.6. The fraction of sp³-hybridized carbons (Fsp3) is 0.500. The number of ether oxygens (including phenoxy) is 1. The van der Waals surface area contributed by atoms with Crippen LogP contribution in [0.4, 0.5) is 14.5 Å². The van der Waals surface area contributed by atoms with Crippen LogP contribution in [0.2, 0.25) is 0 Å². The van der Waals surface area contributed by atoms with Gasteiger partial charge in [-0.25, -0.2) is 13.6 Å². The number of halogens is 2. The highest BCUT2D eigenvalue weighted by atomic mass is 19.2. The zero-order valence-electron chi connectivity index (χ0n) is 11.6. The van der Waals surface area contributed by atoms with Gasteiger partial charge in [-0.15, -0.1) is 0 Å². The van der Waals surface area contributed by atoms with E-state index >= 15 is 0 Å². The summed E-state index contributed by atoms with van der Waals surface area (Å²) in [6.45, 7) is 4.97. The molecule has 0 saturated carbocycles. The standard InChI is InChI=1S/C14H19F2NO3/c1-9(2)20-8-4-3-7-17-11-6-5-10(14(18)19)12(15)13(11)16/h5-6,9,17H,3-4,7-8H2,1-2H3,(H,18,19). The molecule has 0 amide bonds. The van der Waals surface area contributed by atoms with Crippen LogP contribution in [0.3, 0.4) is 0 Å². The van der Waals surface area contributed by atoms with Crippen LogP contribution in [0, 0.1) is 11.6 Å². The van der Waals surface area contributed by atoms with Crippen LogP contribution in [0.15, 0.2) is 12.1 Å². The lowest BCUT2D eigenvalue weighted by atomic mass is 10.1. The summed E-state index contributed by atoms with van der Waals surface area (Å²) in [6.07, 6.45) is 1.73. The molecular formula is C14H19F2NO3. The van der Waals surface area contributed by atoms with E-state index in [0.717, 1.165) is 18.9 Å². The highest BCUT2D eigenvalue weighted by Crippen LogP contribution is 2.20. The summed E-state index contributed by atoms with van der Waals surface area (Å²) in [5, 5.41) is 11.4. The Morgan fingerprint density at radius 2 is 2.00 bits per heavy atom. The lowest BCUT2D eigenvalue weighted by molar-refractivity contribution is 0.0690. The highest BCUT2D eigenvalue weighted by Gasteiger charge is 2.17. The number of unbranched alkanes of at least 4 members (excludes halogenated alkanes) is 1. The first-order valence-corrected chi connectivity index (χ1v) is 6.50. The number of aromatic carboxylic acids is 1. The quantitative estimate of drug-likeness (QED) is 0.720. The smallest absolute Gasteiger partial charge is 0.338 e. The molecule has 0 spiro atoms. The summed E-state index contributed by atoms with van der Waals surface area (Å²) in [5.41, 5.74) is -0.698. The van der Waals surface area contributed by atoms with Gasteiger partial charge in [0.15, 0.2) is 11.6 Å². The van der Waals surface area contributed by atoms with Gasteiger partial charge in [0.2, 0.25) is 0 Å². The Morgan fingerprint density at radius 1 is 1.30 bits per heavy atom. The van der Waals surface area contributed by atoms with Crippen LogP contribution >= 0.6 is 0 Å². The number of anilines is 1. The van der Waals surface area contributed by atoms with E-state index in [1.807, 2.05) is 13.8 Å². The molecular weight excluding hydrogens is 268 g/mol. The average Bonchev–Trinajstić information content (AvgIpc) is 2.37. The molecule has 0 radical (unpaired) electrons. The van der Waals surface area contributed by atoms with Gasteiger partial charge in [-0.05, 0) is 38.8 Å². The number of rotatable bonds is 8. The second-order valence-electron chi connectivity index (χ2n) is 4.65. The normalized spacial score (nSPS) is 10.8. The Bertz CT molecular complexity index is 464. The van der Waals surface area contributed by atoms with Crippen LogP contribution in [0.1, 0.15) is 37.0 Å². The number of hydrogen-bond donors (Lipinski definition) is 2. The molecule has 0 bridgehead atoms. The molecule has 0 saturated heterocycles. The molecule has 6 heteroatoms. The Morgan fingerprint density at radius 3 is 2.60 bits per heavy atom. The van der Waals surface area contributed by atoms with Gasteiger partial charge < -0.3 is 15.2 Å². The molecule has 1 aromatic rings. The zero-order chi connectivity index (χ0) is 15.1. The number of carboxylic acids is 1. The minimum absolute atomic E-state index is 0.0303. The van der Waals surface area contributed by atoms with Crippen molar-refractivity contribution in [2.24, 2.45) is 0 Å². The number of benzene rings is 1. The van der Waals surface area contributed by atoms with E-state index in [9.17, 15) is 13.6 Å². The number of hydrogen-bond acceptors (Lipinski definition) is 3. The highest BCUT2D eigenvalue weighted by molar-refractivity contribution is 5.88. The molecule has 112 valence electrons. The maximum atomic E-state index is 13.6. The van der Waals surface area contributed by atoms with Crippen molar-refractivity contribution in [3.8, 4) is 0 Å². The van der Waals surface area contributed by atoms with Gasteiger partial charge in [-0.1, -0.05) is 0 Å². The molecule has 0 fully saturated rings. The third kappa shape index (κ3) is 4.77. The summed E-state index contributed by atoms with van der Waals surface area (Å²) in [7, 11) is 0. The number of carbonyl (C=O) groups is 1. The molecule has 0 aliphatic heterocycles. The molecule has 0 atom stereocenters. The van der Waals surface area contributed by atoms with E-state index in [4.69, 9.17) is 9.84 Å². The van der Waals surface area contributed by atoms with Gasteiger partial charge in [0, 0.05) is 13.2 Å². The summed E-state index contributed by atoms with van der Waals surface area (Å²) < 4.78 is 32.3. The third-order valence-electron chi connectivity index (χ3n) is 2.65. The molecule has 4 nitrogen and oxygen atoms in total. The topological polar surface area (TPSA) is 58.6 Å². The predicted molar refractivity (Wildman–Crippen MR) is 72.1 cm³/mol. The van der Waals surface area contributed by atoms with Crippen molar-refractivity contribution in [1.82, 2.24) is 0 Å². The van der Waals surface area contributed by atoms with Crippen LogP contribution in [-0.2, 0) is 4.74 Å². The van der Waals surface area contributed by atoms with Crippen LogP contribution < -0.4 is 5.32 Å². The monoisotopic (exact) mass is 287 g/mol. The van der Waals surface area contributed by atoms with Crippen molar-refractivity contribution in [3.05, 3.63) is 29.3 Å². The SMILES string of the molecule is CC(C)OCCCCNc1ccc(C(=O)O)c(F)c1F. The van der Waals surface area contributed by atoms with Crippen molar-refractivity contribution in [3.63, 3.8) is 0 Å². The van der Waals surface area contributed by atoms with Gasteiger partial charge in [-0.3, -0.25) is 0 Å². The first kappa shape index (κ1) is 16.4. The first-order chi connectivity index (χ1) is 9.43. The molecule has 2 N–H and O–H groups in total. The van der Waals surface area contributed by atoms with E-state index in [1.54, 1.807) is 0 Å². The predicted octanol–water partition coefficient (Wildman–Crippen LogP) is 3.28. The maximum Gasteiger partial charge on any atom is 0.338 e. The van der Waals surface area contributed by atoms with Crippen molar-refractivity contribution >= 4 is 11.7 Å². The number of nitrogens with one attached hydrogen (secondary N) is 1. The molecule has 0 aliphatic rings. The average molecular weight is 287 g/mol. The largest absolute Gasteiger partial charge is 0.478 e. The van der Waals surface area contributed by atoms with Crippen molar-refractivity contribution in [1.29, 1.82) is 0 Å². The van der Waals surface area contributed by atoms with Gasteiger partial charge in [0.25, 0.3) is 0 Å². The summed E-state index contributed by atoms with van der Waals surface area (Å²) in [4.78, 5) is 10.6. The van der Waals surface area contributed by atoms with Crippen molar-refractivity contribution in [2.45, 2.75) is 32.8 Å². The molecule has 0 aliphatic carbocycles. The fourth-order valence-corrected chi connectivity index (χ4v) is 1.62. The lowest BCUT2D eigenvalue weighted by Crippen LogP contribution is -2.10. The van der Waals surface area contributed by atoms with Gasteiger partial charge in [0.1, 0.15) is 0 Å². The van der Waals surface area contributed by atoms with Crippen molar-refractivity contribution in [2.75, 3.05) is 18.5 Å². The number of carboxylic acid groups (broad SMARTS) is 1. The Balaban J connectivity index is 2.45. The van der Waals surface area contributed by atoms with Crippen molar-refractivity contribution < 1.29 is 23.4 Å². The minimum atomic E-state index is -1.49. The molecule has 0 unspecified atom stereocenters. The summed E-state index contributed by atoms with van der Waals surface area (Å²) in [5.74, 6) is -3.99. The molecule has 1 aromatic carbocycles. The van der Waals surface area contributed by atoms with E-state index in [1.165, 1.54) is 6.07 Å². The Kier molecular flexibility index (Phi) is 6.38. The van der Waals surface area contributed by atoms with Crippen LogP contribution in [-0.4, -0.2) is 30.3 Å². The van der Waals surface area contributed by atoms with E-state index in [2.05, 4.69) is 5.32 Å². The second kappa shape index (κ2) is 7.79. The molecule has 1 rings (SSSR count). The van der Waals surface area contributed by atoms with E-state index in [0.29, 0.717) is 13.2 Å². The summed E-state index contributed by atoms with van der Waals surface area (Å²) in [6, 6.07) is 2.28. The van der Waals surface area contributed by atoms with Crippen LogP contribution in [0.25, 0.3) is 0 Å². The first-order valence-electron chi connectivity index (χ1n) is 6.50. The zero-order valence-corrected chi connectivity index (χ0v) is 11.6. The molecule has 0 aromatic heterocycles. The Labute approximate surface area is 116 Å². The minimum Gasteiger partial charge on any atom is -0.478 e. The fourth-order valence-electron chi connectivity index (χ4n) is 1.62. The lowest BCUT2D eigenvalue weighted by Gasteiger charge is -2.10. The Hall–Kier alpha value is -1.69. The van der Waals surface area contributed by atoms with Crippen LogP contribution in [0.5, 0.6) is 0 Å². The van der Waals surface area contributed by atoms with E-state index in [-0.39, 0.29) is 11.8 Å².